The first-order valence-electron chi connectivity index (χ1n) is 10.4. The van der Waals surface area contributed by atoms with Crippen LogP contribution in [0.3, 0.4) is 0 Å². The highest BCUT2D eigenvalue weighted by molar-refractivity contribution is 5.90. The van der Waals surface area contributed by atoms with Crippen molar-refractivity contribution in [3.63, 3.8) is 0 Å². The van der Waals surface area contributed by atoms with E-state index < -0.39 is 0 Å². The van der Waals surface area contributed by atoms with Gasteiger partial charge in [-0.3, -0.25) is 9.88 Å². The summed E-state index contributed by atoms with van der Waals surface area (Å²) in [6, 6.07) is 16.8. The van der Waals surface area contributed by atoms with E-state index in [1.54, 1.807) is 19.5 Å². The molecule has 0 spiro atoms. The molecule has 1 aliphatic heterocycles. The Bertz CT molecular complexity index is 1230. The van der Waals surface area contributed by atoms with Gasteiger partial charge in [0.25, 0.3) is 0 Å². The van der Waals surface area contributed by atoms with Crippen LogP contribution in [0.25, 0.3) is 27.9 Å². The smallest absolute Gasteiger partial charge is 0.176 e. The van der Waals surface area contributed by atoms with Crippen molar-refractivity contribution in [3.05, 3.63) is 90.0 Å². The number of fused-ring (bicyclic) bond motifs is 1. The largest absolute Gasteiger partial charge is 0.493 e. The number of aromatic nitrogens is 1. The quantitative estimate of drug-likeness (QED) is 0.406. The Morgan fingerprint density at radius 2 is 1.84 bits per heavy atom. The van der Waals surface area contributed by atoms with E-state index in [0.717, 1.165) is 59.7 Å². The van der Waals surface area contributed by atoms with Gasteiger partial charge in [0.15, 0.2) is 11.3 Å². The van der Waals surface area contributed by atoms with Crippen molar-refractivity contribution in [1.82, 2.24) is 9.88 Å². The third-order valence-corrected chi connectivity index (χ3v) is 5.82. The predicted molar refractivity (Wildman–Crippen MR) is 120 cm³/mol. The molecule has 3 heterocycles. The Kier molecular flexibility index (Phi) is 5.26. The Morgan fingerprint density at radius 1 is 1.03 bits per heavy atom. The number of pyridine rings is 1. The molecule has 0 fully saturated rings. The van der Waals surface area contributed by atoms with Gasteiger partial charge in [-0.25, -0.2) is 4.39 Å². The van der Waals surface area contributed by atoms with Crippen LogP contribution >= 0.6 is 0 Å². The molecule has 0 radical (unpaired) electrons. The van der Waals surface area contributed by atoms with Gasteiger partial charge in [0.1, 0.15) is 11.6 Å². The Labute approximate surface area is 180 Å². The second-order valence-electron chi connectivity index (χ2n) is 7.74. The molecule has 2 aromatic carbocycles. The number of rotatable bonds is 5. The molecule has 0 bridgehead atoms. The summed E-state index contributed by atoms with van der Waals surface area (Å²) in [6.07, 6.45) is 6.71. The molecule has 5 rings (SSSR count). The molecule has 0 saturated heterocycles. The van der Waals surface area contributed by atoms with Crippen LogP contribution in [0.1, 0.15) is 17.5 Å². The summed E-state index contributed by atoms with van der Waals surface area (Å²) in [4.78, 5) is 6.50. The fourth-order valence-electron chi connectivity index (χ4n) is 4.13. The van der Waals surface area contributed by atoms with Crippen molar-refractivity contribution >= 4 is 16.5 Å². The van der Waals surface area contributed by atoms with Crippen LogP contribution in [0.4, 0.5) is 4.39 Å². The van der Waals surface area contributed by atoms with Gasteiger partial charge in [0, 0.05) is 43.0 Å². The van der Waals surface area contributed by atoms with Crippen molar-refractivity contribution in [2.24, 2.45) is 0 Å². The van der Waals surface area contributed by atoms with Crippen molar-refractivity contribution in [2.75, 3.05) is 20.2 Å². The maximum atomic E-state index is 13.2. The van der Waals surface area contributed by atoms with E-state index >= 15 is 0 Å². The van der Waals surface area contributed by atoms with E-state index in [0.29, 0.717) is 0 Å². The van der Waals surface area contributed by atoms with Crippen molar-refractivity contribution < 1.29 is 13.5 Å². The molecule has 2 aromatic heterocycles. The zero-order valence-electron chi connectivity index (χ0n) is 17.3. The monoisotopic (exact) mass is 414 g/mol. The maximum Gasteiger partial charge on any atom is 0.176 e. The minimum Gasteiger partial charge on any atom is -0.493 e. The van der Waals surface area contributed by atoms with Crippen LogP contribution in [0, 0.1) is 5.82 Å². The van der Waals surface area contributed by atoms with E-state index in [9.17, 15) is 4.39 Å². The summed E-state index contributed by atoms with van der Waals surface area (Å²) < 4.78 is 24.9. The molecule has 0 unspecified atom stereocenters. The highest BCUT2D eigenvalue weighted by Crippen LogP contribution is 2.36. The number of nitrogens with zero attached hydrogens (tertiary/aromatic N) is 2. The van der Waals surface area contributed by atoms with E-state index in [1.807, 2.05) is 30.3 Å². The van der Waals surface area contributed by atoms with Crippen LogP contribution in [-0.2, 0) is 6.54 Å². The van der Waals surface area contributed by atoms with Crippen LogP contribution < -0.4 is 4.74 Å². The number of halogens is 1. The molecule has 4 nitrogen and oxygen atoms in total. The van der Waals surface area contributed by atoms with Crippen molar-refractivity contribution in [3.8, 4) is 17.1 Å². The topological polar surface area (TPSA) is 38.5 Å². The molecule has 0 aliphatic carbocycles. The number of methoxy groups -OCH3 is 1. The molecule has 0 atom stereocenters. The third kappa shape index (κ3) is 3.97. The second kappa shape index (κ2) is 8.36. The highest BCUT2D eigenvalue weighted by atomic mass is 19.1. The van der Waals surface area contributed by atoms with Gasteiger partial charge in [-0.1, -0.05) is 24.3 Å². The van der Waals surface area contributed by atoms with Gasteiger partial charge in [-0.2, -0.15) is 0 Å². The number of hydrogen-bond acceptors (Lipinski definition) is 4. The lowest BCUT2D eigenvalue weighted by molar-refractivity contribution is 0.295. The summed E-state index contributed by atoms with van der Waals surface area (Å²) in [5.74, 6) is 1.34. The normalized spacial score (nSPS) is 14.6. The van der Waals surface area contributed by atoms with Gasteiger partial charge < -0.3 is 9.15 Å². The third-order valence-electron chi connectivity index (χ3n) is 5.82. The molecule has 0 amide bonds. The van der Waals surface area contributed by atoms with Gasteiger partial charge in [0.05, 0.1) is 7.11 Å². The van der Waals surface area contributed by atoms with E-state index in [-0.39, 0.29) is 5.82 Å². The van der Waals surface area contributed by atoms with Gasteiger partial charge >= 0.3 is 0 Å². The standard InChI is InChI=1S/C26H23FN2O2/c1-30-24-7-4-21(23-16-25(31-26(23)24)20-8-12-28-13-9-20)17-29-14-10-19(11-15-29)18-2-5-22(27)6-3-18/h2-10,12-13,16H,11,14-15,17H2,1H3. The van der Waals surface area contributed by atoms with Crippen molar-refractivity contribution in [2.45, 2.75) is 13.0 Å². The zero-order chi connectivity index (χ0) is 21.2. The fourth-order valence-corrected chi connectivity index (χ4v) is 4.13. The highest BCUT2D eigenvalue weighted by Gasteiger charge is 2.18. The maximum absolute atomic E-state index is 13.2. The minimum atomic E-state index is -0.198. The molecule has 0 saturated carbocycles. The SMILES string of the molecule is COc1ccc(CN2CC=C(c3ccc(F)cc3)CC2)c2cc(-c3ccncc3)oc12. The second-order valence-corrected chi connectivity index (χ2v) is 7.74. The minimum absolute atomic E-state index is 0.198. The number of ether oxygens (including phenoxy) is 1. The first-order chi connectivity index (χ1) is 15.2. The molecule has 31 heavy (non-hydrogen) atoms. The molecular weight excluding hydrogens is 391 g/mol. The van der Waals surface area contributed by atoms with Gasteiger partial charge in [-0.15, -0.1) is 0 Å². The van der Waals surface area contributed by atoms with Crippen LogP contribution in [0.2, 0.25) is 0 Å². The summed E-state index contributed by atoms with van der Waals surface area (Å²) in [5.41, 5.74) is 5.35. The fraction of sp³-hybridized carbons (Fsp3) is 0.192. The Hall–Kier alpha value is -3.44. The lowest BCUT2D eigenvalue weighted by Gasteiger charge is -2.26. The first-order valence-corrected chi connectivity index (χ1v) is 10.4. The molecule has 4 aromatic rings. The summed E-state index contributed by atoms with van der Waals surface area (Å²) in [7, 11) is 1.66. The van der Waals surface area contributed by atoms with Crippen LogP contribution in [0.5, 0.6) is 5.75 Å². The predicted octanol–water partition coefficient (Wildman–Crippen LogP) is 5.93. The summed E-state index contributed by atoms with van der Waals surface area (Å²) in [5, 5.41) is 1.07. The van der Waals surface area contributed by atoms with E-state index in [1.165, 1.54) is 23.3 Å². The number of hydrogen-bond donors (Lipinski definition) is 0. The Morgan fingerprint density at radius 3 is 2.55 bits per heavy atom. The number of furan rings is 1. The summed E-state index contributed by atoms with van der Waals surface area (Å²) in [6.45, 7) is 2.63. The lowest BCUT2D eigenvalue weighted by atomic mass is 9.99. The number of benzene rings is 2. The zero-order valence-corrected chi connectivity index (χ0v) is 17.3. The van der Waals surface area contributed by atoms with Gasteiger partial charge in [0.2, 0.25) is 0 Å². The average Bonchev–Trinajstić information content (AvgIpc) is 3.27. The molecule has 5 heteroatoms. The van der Waals surface area contributed by atoms with E-state index in [2.05, 4.69) is 28.1 Å². The van der Waals surface area contributed by atoms with Crippen LogP contribution in [0.15, 0.2) is 77.5 Å². The Balaban J connectivity index is 1.40. The van der Waals surface area contributed by atoms with Gasteiger partial charge in [-0.05, 0) is 59.5 Å². The molecule has 0 N–H and O–H groups in total. The van der Waals surface area contributed by atoms with E-state index in [4.69, 9.17) is 9.15 Å². The molecule has 156 valence electrons. The molecule has 1 aliphatic rings. The molecular formula is C26H23FN2O2. The summed E-state index contributed by atoms with van der Waals surface area (Å²) >= 11 is 0. The van der Waals surface area contributed by atoms with Crippen molar-refractivity contribution in [1.29, 1.82) is 0 Å². The first kappa shape index (κ1) is 19.5. The lowest BCUT2D eigenvalue weighted by Crippen LogP contribution is -2.28. The average molecular weight is 414 g/mol. The van der Waals surface area contributed by atoms with Crippen LogP contribution in [-0.4, -0.2) is 30.1 Å².